The fourth-order valence-electron chi connectivity index (χ4n) is 2.65. The van der Waals surface area contributed by atoms with E-state index in [0.717, 1.165) is 28.5 Å². The Kier molecular flexibility index (Phi) is 4.80. The first-order valence-electron chi connectivity index (χ1n) is 9.29. The van der Waals surface area contributed by atoms with E-state index in [-0.39, 0.29) is 10.8 Å². The third kappa shape index (κ3) is 4.09. The van der Waals surface area contributed by atoms with E-state index in [4.69, 9.17) is 21.5 Å². The second-order valence-electron chi connectivity index (χ2n) is 9.12. The number of nitrogens with zero attached hydrogens (tertiary/aromatic N) is 6. The predicted molar refractivity (Wildman–Crippen MR) is 111 cm³/mol. The van der Waals surface area contributed by atoms with Crippen LogP contribution >= 0.6 is 0 Å². The van der Waals surface area contributed by atoms with Crippen LogP contribution in [0.15, 0.2) is 30.6 Å². The average Bonchev–Trinajstić information content (AvgIpc) is 3.06. The highest BCUT2D eigenvalue weighted by atomic mass is 15.3. The quantitative estimate of drug-likeness (QED) is 0.580. The number of aryl methyl sites for hydroxylation is 1. The molecule has 0 unspecified atom stereocenters. The number of hydrogen-bond donors (Lipinski definition) is 0. The molecule has 0 aliphatic carbocycles. The SMILES string of the molecule is [C-]#[N+]c1cc(-c2nc(C(C)(C)C)nc(C(C)(C)C)n2)cc(-n2cc(C)cn2)c1. The maximum Gasteiger partial charge on any atom is 0.190 e. The smallest absolute Gasteiger partial charge is 0.190 e. The van der Waals surface area contributed by atoms with Gasteiger partial charge in [0.25, 0.3) is 0 Å². The fourth-order valence-corrected chi connectivity index (χ4v) is 2.65. The number of benzene rings is 1. The lowest BCUT2D eigenvalue weighted by molar-refractivity contribution is 0.497. The van der Waals surface area contributed by atoms with E-state index < -0.39 is 0 Å². The minimum absolute atomic E-state index is 0.211. The van der Waals surface area contributed by atoms with Crippen LogP contribution in [0.2, 0.25) is 0 Å². The molecule has 6 heteroatoms. The molecule has 0 fully saturated rings. The lowest BCUT2D eigenvalue weighted by Crippen LogP contribution is -2.24. The summed E-state index contributed by atoms with van der Waals surface area (Å²) in [6, 6.07) is 5.61. The van der Waals surface area contributed by atoms with Crippen molar-refractivity contribution in [1.29, 1.82) is 0 Å². The maximum absolute atomic E-state index is 7.49. The molecule has 0 saturated heterocycles. The van der Waals surface area contributed by atoms with E-state index in [1.165, 1.54) is 0 Å². The Morgan fingerprint density at radius 2 is 1.50 bits per heavy atom. The van der Waals surface area contributed by atoms with Crippen LogP contribution in [0.3, 0.4) is 0 Å². The molecule has 0 spiro atoms. The van der Waals surface area contributed by atoms with E-state index >= 15 is 0 Å². The molecule has 6 nitrogen and oxygen atoms in total. The highest BCUT2D eigenvalue weighted by Gasteiger charge is 2.25. The average molecular weight is 374 g/mol. The summed E-state index contributed by atoms with van der Waals surface area (Å²) in [5.74, 6) is 2.07. The zero-order chi connectivity index (χ0) is 20.7. The molecule has 3 aromatic rings. The van der Waals surface area contributed by atoms with Crippen LogP contribution < -0.4 is 0 Å². The van der Waals surface area contributed by atoms with E-state index in [1.54, 1.807) is 10.9 Å². The number of rotatable bonds is 2. The van der Waals surface area contributed by atoms with Gasteiger partial charge in [0.05, 0.1) is 18.5 Å². The van der Waals surface area contributed by atoms with Gasteiger partial charge in [-0.25, -0.2) is 24.5 Å². The Bertz CT molecular complexity index is 1030. The molecule has 3 rings (SSSR count). The largest absolute Gasteiger partial charge is 0.242 e. The maximum atomic E-state index is 7.49. The van der Waals surface area contributed by atoms with Crippen molar-refractivity contribution in [2.45, 2.75) is 59.3 Å². The molecule has 1 aromatic carbocycles. The second-order valence-corrected chi connectivity index (χ2v) is 9.12. The Labute approximate surface area is 166 Å². The normalized spacial score (nSPS) is 12.1. The van der Waals surface area contributed by atoms with Gasteiger partial charge in [0.2, 0.25) is 0 Å². The molecular formula is C22H26N6. The lowest BCUT2D eigenvalue weighted by Gasteiger charge is -2.22. The first-order valence-corrected chi connectivity index (χ1v) is 9.29. The van der Waals surface area contributed by atoms with Crippen molar-refractivity contribution in [3.8, 4) is 17.1 Å². The van der Waals surface area contributed by atoms with Crippen LogP contribution in [0.1, 0.15) is 58.8 Å². The third-order valence-electron chi connectivity index (χ3n) is 4.24. The molecule has 0 bridgehead atoms. The molecule has 0 amide bonds. The van der Waals surface area contributed by atoms with Gasteiger partial charge in [-0.05, 0) is 30.7 Å². The lowest BCUT2D eigenvalue weighted by atomic mass is 9.93. The second kappa shape index (κ2) is 6.83. The van der Waals surface area contributed by atoms with Gasteiger partial charge < -0.3 is 0 Å². The van der Waals surface area contributed by atoms with Crippen molar-refractivity contribution in [2.75, 3.05) is 0 Å². The Balaban J connectivity index is 2.24. The molecule has 28 heavy (non-hydrogen) atoms. The minimum Gasteiger partial charge on any atom is -0.242 e. The van der Waals surface area contributed by atoms with Gasteiger partial charge >= 0.3 is 0 Å². The van der Waals surface area contributed by atoms with Crippen LogP contribution in [0, 0.1) is 13.5 Å². The molecule has 0 aliphatic heterocycles. The van der Waals surface area contributed by atoms with Gasteiger partial charge in [0.15, 0.2) is 11.5 Å². The number of hydrogen-bond acceptors (Lipinski definition) is 4. The highest BCUT2D eigenvalue weighted by molar-refractivity contribution is 5.67. The molecule has 0 N–H and O–H groups in total. The molecule has 2 heterocycles. The first kappa shape index (κ1) is 19.7. The van der Waals surface area contributed by atoms with Crippen molar-refractivity contribution in [3.05, 3.63) is 59.2 Å². The van der Waals surface area contributed by atoms with Crippen LogP contribution in [0.4, 0.5) is 5.69 Å². The summed E-state index contributed by atoms with van der Waals surface area (Å²) in [7, 11) is 0. The van der Waals surface area contributed by atoms with Gasteiger partial charge in [-0.1, -0.05) is 41.5 Å². The monoisotopic (exact) mass is 374 g/mol. The van der Waals surface area contributed by atoms with E-state index in [9.17, 15) is 0 Å². The molecule has 0 saturated carbocycles. The van der Waals surface area contributed by atoms with Crippen LogP contribution in [-0.4, -0.2) is 24.7 Å². The minimum atomic E-state index is -0.211. The summed E-state index contributed by atoms with van der Waals surface area (Å²) in [5.41, 5.74) is 2.76. The van der Waals surface area contributed by atoms with Gasteiger partial charge in [0.1, 0.15) is 11.6 Å². The van der Waals surface area contributed by atoms with Crippen LogP contribution in [0.25, 0.3) is 21.9 Å². The third-order valence-corrected chi connectivity index (χ3v) is 4.24. The van der Waals surface area contributed by atoms with Gasteiger partial charge in [-0.3, -0.25) is 0 Å². The van der Waals surface area contributed by atoms with Crippen LogP contribution in [-0.2, 0) is 10.8 Å². The predicted octanol–water partition coefficient (Wildman–Crippen LogP) is 5.18. The van der Waals surface area contributed by atoms with Crippen molar-refractivity contribution >= 4 is 5.69 Å². The summed E-state index contributed by atoms with van der Waals surface area (Å²) in [6.45, 7) is 22.0. The summed E-state index contributed by atoms with van der Waals surface area (Å²) in [6.07, 6.45) is 3.73. The zero-order valence-corrected chi connectivity index (χ0v) is 17.6. The summed E-state index contributed by atoms with van der Waals surface area (Å²) in [5, 5.41) is 4.37. The summed E-state index contributed by atoms with van der Waals surface area (Å²) in [4.78, 5) is 17.9. The van der Waals surface area contributed by atoms with Crippen LogP contribution in [0.5, 0.6) is 0 Å². The van der Waals surface area contributed by atoms with E-state index in [0.29, 0.717) is 11.5 Å². The van der Waals surface area contributed by atoms with E-state index in [1.807, 2.05) is 31.3 Å². The van der Waals surface area contributed by atoms with Gasteiger partial charge in [0, 0.05) is 22.6 Å². The zero-order valence-electron chi connectivity index (χ0n) is 17.6. The van der Waals surface area contributed by atoms with Gasteiger partial charge in [-0.15, -0.1) is 0 Å². The van der Waals surface area contributed by atoms with Crippen molar-refractivity contribution < 1.29 is 0 Å². The Hall–Kier alpha value is -3.07. The Morgan fingerprint density at radius 1 is 0.893 bits per heavy atom. The summed E-state index contributed by atoms with van der Waals surface area (Å²) < 4.78 is 1.77. The molecule has 0 atom stereocenters. The van der Waals surface area contributed by atoms with Crippen molar-refractivity contribution in [1.82, 2.24) is 24.7 Å². The molecular weight excluding hydrogens is 348 g/mol. The first-order chi connectivity index (χ1) is 13.0. The van der Waals surface area contributed by atoms with Gasteiger partial charge in [-0.2, -0.15) is 5.10 Å². The highest BCUT2D eigenvalue weighted by Crippen LogP contribution is 2.30. The summed E-state index contributed by atoms with van der Waals surface area (Å²) >= 11 is 0. The topological polar surface area (TPSA) is 60.9 Å². The molecule has 0 radical (unpaired) electrons. The van der Waals surface area contributed by atoms with Crippen molar-refractivity contribution in [3.63, 3.8) is 0 Å². The van der Waals surface area contributed by atoms with Crippen molar-refractivity contribution in [2.24, 2.45) is 0 Å². The Morgan fingerprint density at radius 3 is 1.96 bits per heavy atom. The fraction of sp³-hybridized carbons (Fsp3) is 0.409. The molecule has 144 valence electrons. The van der Waals surface area contributed by atoms with E-state index in [2.05, 4.69) is 51.5 Å². The molecule has 2 aromatic heterocycles. The molecule has 0 aliphatic rings. The standard InChI is InChI=1S/C22H26N6/c1-14-12-24-28(13-14)17-10-15(9-16(11-17)23-8)18-25-19(21(2,3)4)27-20(26-18)22(5,6)7/h9-13H,1-7H3. The number of aromatic nitrogens is 5.